The Kier molecular flexibility index (Phi) is 2.42. The maximum absolute atomic E-state index is 10.8. The molecule has 1 rings (SSSR count). The number of hydrogen-bond donors (Lipinski definition) is 1. The summed E-state index contributed by atoms with van der Waals surface area (Å²) in [5, 5.41) is 8.87. The minimum atomic E-state index is -0.729. The van der Waals surface area contributed by atoms with Gasteiger partial charge in [-0.15, -0.1) is 0 Å². The average molecular weight is 172 g/mol. The minimum Gasteiger partial charge on any atom is -0.481 e. The summed E-state index contributed by atoms with van der Waals surface area (Å²) < 4.78 is 5.41. The van der Waals surface area contributed by atoms with Crippen LogP contribution < -0.4 is 0 Å². The van der Waals surface area contributed by atoms with Crippen LogP contribution in [0.2, 0.25) is 0 Å². The lowest BCUT2D eigenvalue weighted by Gasteiger charge is -2.28. The van der Waals surface area contributed by atoms with Crippen LogP contribution in [0.5, 0.6) is 0 Å². The number of aliphatic carboxylic acids is 1. The molecular weight excluding hydrogens is 156 g/mol. The quantitative estimate of drug-likeness (QED) is 0.652. The Morgan fingerprint density at radius 3 is 2.42 bits per heavy atom. The molecule has 1 N–H and O–H groups in total. The van der Waals surface area contributed by atoms with E-state index in [9.17, 15) is 4.79 Å². The fourth-order valence-electron chi connectivity index (χ4n) is 1.70. The molecular formula is C9H16O3. The normalized spacial score (nSPS) is 30.6. The number of carbonyl (C=O) groups is 1. The van der Waals surface area contributed by atoms with Gasteiger partial charge in [0.2, 0.25) is 0 Å². The molecule has 2 atom stereocenters. The Labute approximate surface area is 72.7 Å². The summed E-state index contributed by atoms with van der Waals surface area (Å²) in [6.45, 7) is 6.62. The number of rotatable bonds is 1. The molecule has 0 radical (unpaired) electrons. The van der Waals surface area contributed by atoms with Crippen molar-refractivity contribution in [3.05, 3.63) is 0 Å². The zero-order valence-corrected chi connectivity index (χ0v) is 7.83. The van der Waals surface area contributed by atoms with Gasteiger partial charge in [0, 0.05) is 6.61 Å². The van der Waals surface area contributed by atoms with Crippen molar-refractivity contribution in [1.29, 1.82) is 0 Å². The Bertz CT molecular complexity index is 181. The van der Waals surface area contributed by atoms with Crippen LogP contribution in [-0.4, -0.2) is 23.8 Å². The van der Waals surface area contributed by atoms with Gasteiger partial charge >= 0.3 is 5.97 Å². The van der Waals surface area contributed by atoms with Gasteiger partial charge in [-0.3, -0.25) is 4.79 Å². The molecule has 3 heteroatoms. The van der Waals surface area contributed by atoms with Gasteiger partial charge in [-0.05, 0) is 11.8 Å². The third kappa shape index (κ3) is 1.78. The predicted octanol–water partition coefficient (Wildman–Crippen LogP) is 1.52. The third-order valence-corrected chi connectivity index (χ3v) is 2.26. The van der Waals surface area contributed by atoms with Crippen LogP contribution in [0, 0.1) is 11.3 Å². The van der Waals surface area contributed by atoms with Crippen molar-refractivity contribution in [1.82, 2.24) is 0 Å². The molecule has 12 heavy (non-hydrogen) atoms. The van der Waals surface area contributed by atoms with Gasteiger partial charge in [0.15, 0.2) is 0 Å². The molecule has 1 saturated heterocycles. The van der Waals surface area contributed by atoms with E-state index in [2.05, 4.69) is 0 Å². The molecule has 0 bridgehead atoms. The Hall–Kier alpha value is -0.570. The first kappa shape index (κ1) is 9.52. The van der Waals surface area contributed by atoms with Gasteiger partial charge in [0.25, 0.3) is 0 Å². The Morgan fingerprint density at radius 1 is 1.50 bits per heavy atom. The SMILES string of the molecule is CC(C)(C)[C@@H]1OCC[C@H]1C(=O)O. The van der Waals surface area contributed by atoms with Gasteiger partial charge < -0.3 is 9.84 Å². The van der Waals surface area contributed by atoms with E-state index in [0.717, 1.165) is 0 Å². The zero-order valence-electron chi connectivity index (χ0n) is 7.83. The van der Waals surface area contributed by atoms with E-state index in [1.165, 1.54) is 0 Å². The third-order valence-electron chi connectivity index (χ3n) is 2.26. The van der Waals surface area contributed by atoms with Crippen LogP contribution in [0.1, 0.15) is 27.2 Å². The van der Waals surface area contributed by atoms with Crippen molar-refractivity contribution in [3.8, 4) is 0 Å². The Morgan fingerprint density at radius 2 is 2.08 bits per heavy atom. The van der Waals surface area contributed by atoms with E-state index >= 15 is 0 Å². The standard InChI is InChI=1S/C9H16O3/c1-9(2,3)7-6(8(10)11)4-5-12-7/h6-7H,4-5H2,1-3H3,(H,10,11)/t6-,7-/m1/s1. The molecule has 1 heterocycles. The fraction of sp³-hybridized carbons (Fsp3) is 0.889. The summed E-state index contributed by atoms with van der Waals surface area (Å²) in [7, 11) is 0. The van der Waals surface area contributed by atoms with Crippen LogP contribution in [0.15, 0.2) is 0 Å². The number of ether oxygens (including phenoxy) is 1. The molecule has 70 valence electrons. The zero-order chi connectivity index (χ0) is 9.35. The van der Waals surface area contributed by atoms with Crippen LogP contribution in [-0.2, 0) is 9.53 Å². The largest absolute Gasteiger partial charge is 0.481 e. The van der Waals surface area contributed by atoms with Gasteiger partial charge in [-0.1, -0.05) is 20.8 Å². The second-order valence-electron chi connectivity index (χ2n) is 4.39. The summed E-state index contributed by atoms with van der Waals surface area (Å²) in [5.74, 6) is -1.04. The van der Waals surface area contributed by atoms with E-state index in [-0.39, 0.29) is 17.4 Å². The first-order valence-corrected chi connectivity index (χ1v) is 4.27. The molecule has 1 aliphatic heterocycles. The second kappa shape index (κ2) is 3.05. The maximum atomic E-state index is 10.8. The molecule has 1 aliphatic rings. The molecule has 3 nitrogen and oxygen atoms in total. The fourth-order valence-corrected chi connectivity index (χ4v) is 1.70. The van der Waals surface area contributed by atoms with Crippen molar-refractivity contribution in [3.63, 3.8) is 0 Å². The molecule has 0 spiro atoms. The molecule has 0 aromatic rings. The lowest BCUT2D eigenvalue weighted by Crippen LogP contribution is -2.35. The molecule has 0 aromatic heterocycles. The summed E-state index contributed by atoms with van der Waals surface area (Å²) in [6.07, 6.45) is 0.520. The topological polar surface area (TPSA) is 46.5 Å². The number of carboxylic acids is 1. The van der Waals surface area contributed by atoms with Crippen molar-refractivity contribution in [2.75, 3.05) is 6.61 Å². The number of hydrogen-bond acceptors (Lipinski definition) is 2. The van der Waals surface area contributed by atoms with E-state index in [1.807, 2.05) is 20.8 Å². The molecule has 0 saturated carbocycles. The highest BCUT2D eigenvalue weighted by molar-refractivity contribution is 5.71. The first-order valence-electron chi connectivity index (χ1n) is 4.27. The second-order valence-corrected chi connectivity index (χ2v) is 4.39. The van der Waals surface area contributed by atoms with Gasteiger partial charge in [0.05, 0.1) is 12.0 Å². The lowest BCUT2D eigenvalue weighted by molar-refractivity contribution is -0.145. The molecule has 0 amide bonds. The Balaban J connectivity index is 2.71. The number of carboxylic acid groups (broad SMARTS) is 1. The van der Waals surface area contributed by atoms with Gasteiger partial charge in [-0.25, -0.2) is 0 Å². The average Bonchev–Trinajstić information content (AvgIpc) is 2.30. The smallest absolute Gasteiger partial charge is 0.309 e. The van der Waals surface area contributed by atoms with Crippen molar-refractivity contribution in [2.24, 2.45) is 11.3 Å². The van der Waals surface area contributed by atoms with Crippen LogP contribution in [0.4, 0.5) is 0 Å². The van der Waals surface area contributed by atoms with E-state index in [0.29, 0.717) is 13.0 Å². The highest BCUT2D eigenvalue weighted by Gasteiger charge is 2.41. The molecule has 0 unspecified atom stereocenters. The van der Waals surface area contributed by atoms with E-state index < -0.39 is 5.97 Å². The highest BCUT2D eigenvalue weighted by Crippen LogP contribution is 2.34. The molecule has 0 aromatic carbocycles. The van der Waals surface area contributed by atoms with Crippen LogP contribution >= 0.6 is 0 Å². The maximum Gasteiger partial charge on any atom is 0.309 e. The van der Waals surface area contributed by atoms with Gasteiger partial charge in [-0.2, -0.15) is 0 Å². The minimum absolute atomic E-state index is 0.0699. The summed E-state index contributed by atoms with van der Waals surface area (Å²) in [4.78, 5) is 10.8. The van der Waals surface area contributed by atoms with E-state index in [4.69, 9.17) is 9.84 Å². The highest BCUT2D eigenvalue weighted by atomic mass is 16.5. The van der Waals surface area contributed by atoms with Crippen molar-refractivity contribution < 1.29 is 14.6 Å². The monoisotopic (exact) mass is 172 g/mol. The van der Waals surface area contributed by atoms with Crippen molar-refractivity contribution >= 4 is 5.97 Å². The lowest BCUT2D eigenvalue weighted by atomic mass is 9.81. The van der Waals surface area contributed by atoms with E-state index in [1.54, 1.807) is 0 Å². The summed E-state index contributed by atoms with van der Waals surface area (Å²) in [6, 6.07) is 0. The molecule has 0 aliphatic carbocycles. The van der Waals surface area contributed by atoms with Crippen LogP contribution in [0.25, 0.3) is 0 Å². The summed E-state index contributed by atoms with van der Waals surface area (Å²) in [5.41, 5.74) is -0.0699. The van der Waals surface area contributed by atoms with Crippen LogP contribution in [0.3, 0.4) is 0 Å². The molecule has 1 fully saturated rings. The van der Waals surface area contributed by atoms with Crippen molar-refractivity contribution in [2.45, 2.75) is 33.3 Å². The first-order chi connectivity index (χ1) is 5.43. The summed E-state index contributed by atoms with van der Waals surface area (Å²) >= 11 is 0. The van der Waals surface area contributed by atoms with Gasteiger partial charge in [0.1, 0.15) is 0 Å². The predicted molar refractivity (Wildman–Crippen MR) is 44.9 cm³/mol.